The van der Waals surface area contributed by atoms with Gasteiger partial charge in [0.1, 0.15) is 28.8 Å². The monoisotopic (exact) mass is 434 g/mol. The molecule has 0 spiro atoms. The lowest BCUT2D eigenvalue weighted by molar-refractivity contribution is 0.472. The van der Waals surface area contributed by atoms with Gasteiger partial charge >= 0.3 is 0 Å². The molecule has 0 bridgehead atoms. The van der Waals surface area contributed by atoms with E-state index in [1.807, 2.05) is 29.8 Å². The van der Waals surface area contributed by atoms with E-state index in [1.54, 1.807) is 37.6 Å². The van der Waals surface area contributed by atoms with Crippen LogP contribution in [-0.4, -0.2) is 24.5 Å². The maximum atomic E-state index is 15.1. The van der Waals surface area contributed by atoms with E-state index in [0.717, 1.165) is 11.0 Å². The van der Waals surface area contributed by atoms with Crippen LogP contribution in [0.25, 0.3) is 21.9 Å². The van der Waals surface area contributed by atoms with Crippen molar-refractivity contribution in [3.05, 3.63) is 71.8 Å². The summed E-state index contributed by atoms with van der Waals surface area (Å²) in [5.41, 5.74) is 3.02. The number of hydrogen-bond acceptors (Lipinski definition) is 6. The Balaban J connectivity index is 1.46. The lowest BCUT2D eigenvalue weighted by atomic mass is 10.1. The van der Waals surface area contributed by atoms with Crippen LogP contribution in [0.15, 0.2) is 55.2 Å². The number of aromatic nitrogens is 5. The third kappa shape index (κ3) is 3.51. The highest BCUT2D eigenvalue weighted by atomic mass is 35.5. The first-order chi connectivity index (χ1) is 15.0. The Bertz CT molecular complexity index is 1450. The molecular formula is C22H16ClFN6O. The van der Waals surface area contributed by atoms with Crippen LogP contribution >= 0.6 is 11.6 Å². The van der Waals surface area contributed by atoms with Gasteiger partial charge in [-0.05, 0) is 37.3 Å². The van der Waals surface area contributed by atoms with Crippen LogP contribution in [0.4, 0.5) is 15.9 Å². The van der Waals surface area contributed by atoms with E-state index >= 15 is 4.39 Å². The molecule has 0 radical (unpaired) electrons. The van der Waals surface area contributed by atoms with E-state index in [4.69, 9.17) is 16.3 Å². The molecule has 7 nitrogen and oxygen atoms in total. The van der Waals surface area contributed by atoms with Crippen LogP contribution in [0.3, 0.4) is 0 Å². The zero-order valence-corrected chi connectivity index (χ0v) is 17.4. The van der Waals surface area contributed by atoms with Crippen molar-refractivity contribution in [1.82, 2.24) is 24.5 Å². The second-order valence-corrected chi connectivity index (χ2v) is 7.42. The Labute approximate surface area is 181 Å². The van der Waals surface area contributed by atoms with E-state index in [0.29, 0.717) is 38.9 Å². The molecule has 0 amide bonds. The number of aryl methyl sites for hydroxylation is 1. The van der Waals surface area contributed by atoms with Gasteiger partial charge in [0.25, 0.3) is 0 Å². The van der Waals surface area contributed by atoms with Crippen molar-refractivity contribution >= 4 is 45.0 Å². The van der Waals surface area contributed by atoms with E-state index in [9.17, 15) is 0 Å². The minimum absolute atomic E-state index is 0.262. The van der Waals surface area contributed by atoms with Gasteiger partial charge in [0.2, 0.25) is 0 Å². The molecule has 0 saturated carbocycles. The average molecular weight is 435 g/mol. The fourth-order valence-corrected chi connectivity index (χ4v) is 3.50. The average Bonchev–Trinajstić information content (AvgIpc) is 3.14. The number of hydrogen-bond donors (Lipinski definition) is 1. The third-order valence-electron chi connectivity index (χ3n) is 5.00. The van der Waals surface area contributed by atoms with Gasteiger partial charge in [0.05, 0.1) is 34.8 Å². The highest BCUT2D eigenvalue weighted by molar-refractivity contribution is 6.30. The first kappa shape index (κ1) is 19.2. The number of halogens is 2. The summed E-state index contributed by atoms with van der Waals surface area (Å²) in [6.07, 6.45) is 4.66. The fourth-order valence-electron chi connectivity index (χ4n) is 3.34. The van der Waals surface area contributed by atoms with E-state index in [2.05, 4.69) is 25.3 Å². The summed E-state index contributed by atoms with van der Waals surface area (Å²) in [6.45, 7) is 1.66. The maximum Gasteiger partial charge on any atom is 0.153 e. The quantitative estimate of drug-likeness (QED) is 0.374. The molecule has 9 heteroatoms. The molecule has 2 aromatic carbocycles. The van der Waals surface area contributed by atoms with Crippen molar-refractivity contribution in [3.63, 3.8) is 0 Å². The highest BCUT2D eigenvalue weighted by Gasteiger charge is 2.14. The van der Waals surface area contributed by atoms with Crippen LogP contribution in [0.1, 0.15) is 5.56 Å². The number of nitrogens with zero attached hydrogens (tertiary/aromatic N) is 5. The number of nitrogens with one attached hydrogen (secondary N) is 1. The molecule has 5 rings (SSSR count). The van der Waals surface area contributed by atoms with E-state index in [1.165, 1.54) is 6.33 Å². The summed E-state index contributed by atoms with van der Waals surface area (Å²) >= 11 is 5.99. The Hall–Kier alpha value is -3.78. The molecule has 3 aromatic heterocycles. The Kier molecular flexibility index (Phi) is 4.63. The van der Waals surface area contributed by atoms with Crippen molar-refractivity contribution in [3.8, 4) is 11.5 Å². The highest BCUT2D eigenvalue weighted by Crippen LogP contribution is 2.33. The second-order valence-electron chi connectivity index (χ2n) is 7.03. The lowest BCUT2D eigenvalue weighted by Crippen LogP contribution is -2.01. The van der Waals surface area contributed by atoms with Gasteiger partial charge in [-0.3, -0.25) is 0 Å². The van der Waals surface area contributed by atoms with Crippen molar-refractivity contribution in [2.45, 2.75) is 6.92 Å². The predicted octanol–water partition coefficient (Wildman–Crippen LogP) is 5.55. The van der Waals surface area contributed by atoms with Gasteiger partial charge in [-0.1, -0.05) is 11.6 Å². The molecule has 0 aliphatic carbocycles. The molecule has 0 atom stereocenters. The first-order valence-corrected chi connectivity index (χ1v) is 9.79. The van der Waals surface area contributed by atoms with Gasteiger partial charge in [-0.2, -0.15) is 0 Å². The first-order valence-electron chi connectivity index (χ1n) is 9.41. The van der Waals surface area contributed by atoms with Gasteiger partial charge < -0.3 is 14.6 Å². The number of anilines is 2. The molecule has 0 saturated heterocycles. The van der Waals surface area contributed by atoms with Gasteiger partial charge in [0, 0.05) is 24.1 Å². The summed E-state index contributed by atoms with van der Waals surface area (Å²) in [4.78, 5) is 16.7. The number of fused-ring (bicyclic) bond motifs is 2. The molecule has 3 heterocycles. The normalized spacial score (nSPS) is 11.2. The minimum atomic E-state index is -0.441. The van der Waals surface area contributed by atoms with Gasteiger partial charge in [0.15, 0.2) is 5.82 Å². The number of rotatable bonds is 4. The van der Waals surface area contributed by atoms with Crippen LogP contribution in [0.2, 0.25) is 5.15 Å². The topological polar surface area (TPSA) is 77.8 Å². The fraction of sp³-hybridized carbons (Fsp3) is 0.0909. The summed E-state index contributed by atoms with van der Waals surface area (Å²) < 4.78 is 23.0. The molecule has 31 heavy (non-hydrogen) atoms. The molecule has 1 N–H and O–H groups in total. The van der Waals surface area contributed by atoms with Gasteiger partial charge in [-0.15, -0.1) is 0 Å². The SMILES string of the molecule is Cc1c(Oc2ccc3c(c2)ncn3C)ccc(Nc2ncnc3cnc(Cl)cc23)c1F. The Morgan fingerprint density at radius 3 is 2.77 bits per heavy atom. The number of imidazole rings is 1. The maximum absolute atomic E-state index is 15.1. The molecule has 0 unspecified atom stereocenters. The largest absolute Gasteiger partial charge is 0.457 e. The van der Waals surface area contributed by atoms with Crippen molar-refractivity contribution in [2.75, 3.05) is 5.32 Å². The molecule has 0 aliphatic rings. The zero-order chi connectivity index (χ0) is 21.5. The minimum Gasteiger partial charge on any atom is -0.457 e. The van der Waals surface area contributed by atoms with E-state index in [-0.39, 0.29) is 5.69 Å². The van der Waals surface area contributed by atoms with Crippen molar-refractivity contribution < 1.29 is 9.13 Å². The second kappa shape index (κ2) is 7.48. The van der Waals surface area contributed by atoms with Crippen LogP contribution in [-0.2, 0) is 7.05 Å². The van der Waals surface area contributed by atoms with Crippen LogP contribution in [0.5, 0.6) is 11.5 Å². The molecular weight excluding hydrogens is 419 g/mol. The predicted molar refractivity (Wildman–Crippen MR) is 118 cm³/mol. The molecule has 5 aromatic rings. The lowest BCUT2D eigenvalue weighted by Gasteiger charge is -2.14. The standard InChI is InChI=1S/C22H16ClFN6O/c1-12-19(31-13-3-5-18-16(7-13)28-11-30(18)2)6-4-15(21(12)24)29-22-14-8-20(23)25-9-17(14)26-10-27-22/h3-11H,1-2H3,(H,26,27,29). The van der Waals surface area contributed by atoms with Crippen LogP contribution < -0.4 is 10.1 Å². The number of benzene rings is 2. The smallest absolute Gasteiger partial charge is 0.153 e. The summed E-state index contributed by atoms with van der Waals surface area (Å²) in [6, 6.07) is 10.5. The van der Waals surface area contributed by atoms with Crippen molar-refractivity contribution in [2.24, 2.45) is 7.05 Å². The van der Waals surface area contributed by atoms with Crippen LogP contribution in [0, 0.1) is 12.7 Å². The third-order valence-corrected chi connectivity index (χ3v) is 5.21. The number of pyridine rings is 1. The van der Waals surface area contributed by atoms with Crippen molar-refractivity contribution in [1.29, 1.82) is 0 Å². The Morgan fingerprint density at radius 2 is 1.90 bits per heavy atom. The summed E-state index contributed by atoms with van der Waals surface area (Å²) in [5, 5.41) is 3.96. The summed E-state index contributed by atoms with van der Waals surface area (Å²) in [7, 11) is 1.92. The molecule has 0 fully saturated rings. The van der Waals surface area contributed by atoms with E-state index < -0.39 is 5.82 Å². The van der Waals surface area contributed by atoms with Gasteiger partial charge in [-0.25, -0.2) is 24.3 Å². The number of ether oxygens (including phenoxy) is 1. The Morgan fingerprint density at radius 1 is 1.03 bits per heavy atom. The molecule has 154 valence electrons. The molecule has 0 aliphatic heterocycles. The summed E-state index contributed by atoms with van der Waals surface area (Å²) in [5.74, 6) is 0.988. The zero-order valence-electron chi connectivity index (χ0n) is 16.6.